The van der Waals surface area contributed by atoms with Crippen molar-refractivity contribution in [1.82, 2.24) is 0 Å². The van der Waals surface area contributed by atoms with Crippen molar-refractivity contribution >= 4 is 17.4 Å². The predicted molar refractivity (Wildman–Crippen MR) is 65.1 cm³/mol. The van der Waals surface area contributed by atoms with E-state index in [2.05, 4.69) is 22.4 Å². The zero-order chi connectivity index (χ0) is 10.9. The topological polar surface area (TPSA) is 32.6 Å². The molecule has 0 bridgehead atoms. The minimum absolute atomic E-state index is 0.359. The van der Waals surface area contributed by atoms with Gasteiger partial charge in [0.05, 0.1) is 11.3 Å². The van der Waals surface area contributed by atoms with Gasteiger partial charge in [0, 0.05) is 6.54 Å². The van der Waals surface area contributed by atoms with Crippen molar-refractivity contribution in [3.05, 3.63) is 35.9 Å². The molecule has 0 radical (unpaired) electrons. The maximum atomic E-state index is 9.81. The highest BCUT2D eigenvalue weighted by Crippen LogP contribution is 2.18. The first kappa shape index (κ1) is 12.1. The van der Waals surface area contributed by atoms with Crippen LogP contribution < -0.4 is 0 Å². The van der Waals surface area contributed by atoms with Crippen molar-refractivity contribution in [3.63, 3.8) is 0 Å². The molecule has 0 heterocycles. The highest BCUT2D eigenvalue weighted by Gasteiger charge is 2.05. The lowest BCUT2D eigenvalue weighted by Crippen LogP contribution is -1.97. The van der Waals surface area contributed by atoms with E-state index in [1.165, 1.54) is 0 Å². The lowest BCUT2D eigenvalue weighted by atomic mass is 10.0. The van der Waals surface area contributed by atoms with Crippen LogP contribution in [0.1, 0.15) is 30.9 Å². The number of hydrogen-bond acceptors (Lipinski definition) is 3. The quantitative estimate of drug-likeness (QED) is 0.455. The lowest BCUT2D eigenvalue weighted by Gasteiger charge is -2.09. The Morgan fingerprint density at radius 1 is 1.27 bits per heavy atom. The zero-order valence-electron chi connectivity index (χ0n) is 8.60. The van der Waals surface area contributed by atoms with Gasteiger partial charge in [0.15, 0.2) is 0 Å². The fourth-order valence-corrected chi connectivity index (χ4v) is 1.51. The van der Waals surface area contributed by atoms with Crippen LogP contribution in [0.2, 0.25) is 0 Å². The highest BCUT2D eigenvalue weighted by molar-refractivity contribution is 7.78. The number of aliphatic hydroxyl groups is 1. The Bertz CT molecular complexity index is 320. The number of unbranched alkanes of at least 4 members (excludes halogenated alkanes) is 1. The van der Waals surface area contributed by atoms with Gasteiger partial charge < -0.3 is 5.11 Å². The molecule has 0 spiro atoms. The summed E-state index contributed by atoms with van der Waals surface area (Å²) in [4.78, 5) is 3.82. The Hall–Kier alpha value is -1.02. The summed E-state index contributed by atoms with van der Waals surface area (Å²) in [7, 11) is 0. The first-order valence-corrected chi connectivity index (χ1v) is 5.52. The van der Waals surface area contributed by atoms with Crippen LogP contribution in [-0.2, 0) is 0 Å². The molecule has 3 heteroatoms. The Kier molecular flexibility index (Phi) is 5.86. The smallest absolute Gasteiger partial charge is 0.0790 e. The Morgan fingerprint density at radius 3 is 2.67 bits per heavy atom. The van der Waals surface area contributed by atoms with Crippen LogP contribution >= 0.6 is 12.2 Å². The number of aliphatic hydroxyl groups excluding tert-OH is 1. The molecule has 80 valence electrons. The van der Waals surface area contributed by atoms with Crippen LogP contribution in [0.4, 0.5) is 0 Å². The lowest BCUT2D eigenvalue weighted by molar-refractivity contribution is 0.164. The predicted octanol–water partition coefficient (Wildman–Crippen LogP) is 2.99. The summed E-state index contributed by atoms with van der Waals surface area (Å²) in [5, 5.41) is 12.1. The highest BCUT2D eigenvalue weighted by atomic mass is 32.1. The maximum absolute atomic E-state index is 9.81. The van der Waals surface area contributed by atoms with Crippen molar-refractivity contribution < 1.29 is 5.11 Å². The van der Waals surface area contributed by atoms with E-state index < -0.39 is 0 Å². The summed E-state index contributed by atoms with van der Waals surface area (Å²) < 4.78 is 0. The van der Waals surface area contributed by atoms with Crippen molar-refractivity contribution in [3.8, 4) is 0 Å². The van der Waals surface area contributed by atoms with Gasteiger partial charge in [0.1, 0.15) is 0 Å². The summed E-state index contributed by atoms with van der Waals surface area (Å²) in [6.45, 7) is 0.713. The summed E-state index contributed by atoms with van der Waals surface area (Å²) in [6, 6.07) is 9.72. The second-order valence-corrected chi connectivity index (χ2v) is 3.58. The van der Waals surface area contributed by atoms with E-state index >= 15 is 0 Å². The second kappa shape index (κ2) is 7.30. The van der Waals surface area contributed by atoms with Crippen molar-refractivity contribution in [2.45, 2.75) is 25.4 Å². The number of hydrogen-bond donors (Lipinski definition) is 1. The molecule has 0 saturated carbocycles. The third-order valence-corrected chi connectivity index (χ3v) is 2.38. The van der Waals surface area contributed by atoms with Crippen molar-refractivity contribution in [2.75, 3.05) is 6.54 Å². The Morgan fingerprint density at radius 2 is 2.00 bits per heavy atom. The molecule has 1 unspecified atom stereocenters. The van der Waals surface area contributed by atoms with Crippen molar-refractivity contribution in [2.24, 2.45) is 4.99 Å². The first-order chi connectivity index (χ1) is 7.34. The van der Waals surface area contributed by atoms with Crippen LogP contribution in [0.5, 0.6) is 0 Å². The van der Waals surface area contributed by atoms with E-state index in [-0.39, 0.29) is 6.10 Å². The zero-order valence-corrected chi connectivity index (χ0v) is 9.41. The van der Waals surface area contributed by atoms with E-state index in [1.54, 1.807) is 0 Å². The van der Waals surface area contributed by atoms with Gasteiger partial charge in [-0.25, -0.2) is 4.99 Å². The van der Waals surface area contributed by atoms with Gasteiger partial charge in [-0.1, -0.05) is 30.3 Å². The van der Waals surface area contributed by atoms with Crippen LogP contribution in [0.3, 0.4) is 0 Å². The minimum atomic E-state index is -0.359. The molecule has 1 aromatic rings. The van der Waals surface area contributed by atoms with E-state index in [1.807, 2.05) is 30.3 Å². The average molecular weight is 221 g/mol. The summed E-state index contributed by atoms with van der Waals surface area (Å²) in [6.07, 6.45) is 2.32. The second-order valence-electron chi connectivity index (χ2n) is 3.40. The molecule has 1 atom stereocenters. The third kappa shape index (κ3) is 4.84. The van der Waals surface area contributed by atoms with Gasteiger partial charge in [-0.15, -0.1) is 0 Å². The third-order valence-electron chi connectivity index (χ3n) is 2.25. The summed E-state index contributed by atoms with van der Waals surface area (Å²) >= 11 is 4.46. The fraction of sp³-hybridized carbons (Fsp3) is 0.417. The normalized spacial score (nSPS) is 11.8. The molecule has 0 aliphatic heterocycles. The molecule has 2 nitrogen and oxygen atoms in total. The van der Waals surface area contributed by atoms with Gasteiger partial charge in [-0.05, 0) is 37.0 Å². The van der Waals surface area contributed by atoms with Crippen LogP contribution in [-0.4, -0.2) is 16.8 Å². The largest absolute Gasteiger partial charge is 0.388 e. The molecule has 0 saturated heterocycles. The van der Waals surface area contributed by atoms with E-state index in [0.29, 0.717) is 6.54 Å². The number of nitrogens with zero attached hydrogens (tertiary/aromatic N) is 1. The van der Waals surface area contributed by atoms with Gasteiger partial charge in [-0.3, -0.25) is 0 Å². The van der Waals surface area contributed by atoms with E-state index in [9.17, 15) is 5.11 Å². The minimum Gasteiger partial charge on any atom is -0.388 e. The Balaban J connectivity index is 2.24. The number of isothiocyanates is 1. The molecule has 1 N–H and O–H groups in total. The van der Waals surface area contributed by atoms with Crippen LogP contribution in [0.15, 0.2) is 35.3 Å². The molecular weight excluding hydrogens is 206 g/mol. The number of aliphatic imine (C=N–C) groups is 1. The van der Waals surface area contributed by atoms with Crippen LogP contribution in [0.25, 0.3) is 0 Å². The number of thiocarbonyl (C=S) groups is 1. The summed E-state index contributed by atoms with van der Waals surface area (Å²) in [5.74, 6) is 0. The van der Waals surface area contributed by atoms with Gasteiger partial charge >= 0.3 is 0 Å². The Labute approximate surface area is 95.7 Å². The number of benzene rings is 1. The van der Waals surface area contributed by atoms with Gasteiger partial charge in [-0.2, -0.15) is 0 Å². The van der Waals surface area contributed by atoms with Crippen LogP contribution in [0, 0.1) is 0 Å². The molecule has 1 rings (SSSR count). The molecule has 15 heavy (non-hydrogen) atoms. The molecule has 0 fully saturated rings. The van der Waals surface area contributed by atoms with E-state index in [4.69, 9.17) is 0 Å². The first-order valence-electron chi connectivity index (χ1n) is 5.11. The van der Waals surface area contributed by atoms with E-state index in [0.717, 1.165) is 24.8 Å². The van der Waals surface area contributed by atoms with Crippen molar-refractivity contribution in [1.29, 1.82) is 0 Å². The monoisotopic (exact) mass is 221 g/mol. The molecule has 1 aromatic carbocycles. The molecule has 0 aliphatic carbocycles. The maximum Gasteiger partial charge on any atom is 0.0790 e. The van der Waals surface area contributed by atoms with Gasteiger partial charge in [0.2, 0.25) is 0 Å². The average Bonchev–Trinajstić information content (AvgIpc) is 2.30. The standard InChI is InChI=1S/C12H15NOS/c14-12(8-4-5-9-13-10-15)11-6-2-1-3-7-11/h1-3,6-7,12,14H,4-5,8-9H2. The fourth-order valence-electron chi connectivity index (χ4n) is 1.42. The summed E-state index contributed by atoms with van der Waals surface area (Å²) in [5.41, 5.74) is 0.982. The molecular formula is C12H15NOS. The number of rotatable bonds is 6. The molecule has 0 aliphatic rings. The molecule has 0 aromatic heterocycles. The van der Waals surface area contributed by atoms with Gasteiger partial charge in [0.25, 0.3) is 0 Å². The molecule has 0 amide bonds. The SMILES string of the molecule is OC(CCCCN=C=S)c1ccccc1.